The second-order valence-corrected chi connectivity index (χ2v) is 4.79. The Morgan fingerprint density at radius 3 is 2.50 bits per heavy atom. The van der Waals surface area contributed by atoms with E-state index < -0.39 is 42.4 Å². The Labute approximate surface area is 121 Å². The molecule has 0 unspecified atom stereocenters. The quantitative estimate of drug-likeness (QED) is 0.646. The van der Waals surface area contributed by atoms with E-state index in [0.717, 1.165) is 4.57 Å². The summed E-state index contributed by atoms with van der Waals surface area (Å²) in [5.74, 6) is -3.57. The highest BCUT2D eigenvalue weighted by atomic mass is 79.9. The normalized spacial score (nSPS) is 11.7. The van der Waals surface area contributed by atoms with Crippen LogP contribution in [0.15, 0.2) is 27.6 Å². The van der Waals surface area contributed by atoms with Gasteiger partial charge in [-0.1, -0.05) is 0 Å². The zero-order valence-electron chi connectivity index (χ0n) is 10.1. The Bertz CT molecular complexity index is 597. The summed E-state index contributed by atoms with van der Waals surface area (Å²) < 4.78 is 1.64. The van der Waals surface area contributed by atoms with Crippen LogP contribution < -0.4 is 10.9 Å². The molecule has 108 valence electrons. The van der Waals surface area contributed by atoms with Gasteiger partial charge in [0.1, 0.15) is 12.6 Å². The number of carbonyl (C=O) groups is 3. The van der Waals surface area contributed by atoms with Gasteiger partial charge in [0, 0.05) is 16.7 Å². The van der Waals surface area contributed by atoms with E-state index in [1.807, 2.05) is 5.32 Å². The van der Waals surface area contributed by atoms with E-state index in [1.54, 1.807) is 0 Å². The van der Waals surface area contributed by atoms with Crippen molar-refractivity contribution in [2.24, 2.45) is 0 Å². The predicted octanol–water partition coefficient (Wildman–Crippen LogP) is -0.345. The number of carbonyl (C=O) groups excluding carboxylic acids is 1. The summed E-state index contributed by atoms with van der Waals surface area (Å²) in [7, 11) is 0. The molecule has 1 amide bonds. The minimum Gasteiger partial charge on any atom is -0.481 e. The molecule has 0 saturated heterocycles. The third-order valence-corrected chi connectivity index (χ3v) is 2.74. The number of nitrogens with zero attached hydrogens (tertiary/aromatic N) is 1. The first kappa shape index (κ1) is 15.9. The molecule has 0 spiro atoms. The SMILES string of the molecule is O=C(O)C[C@H](NC(=O)Cn1cc(Br)ccc1=O)C(=O)O. The largest absolute Gasteiger partial charge is 0.481 e. The van der Waals surface area contributed by atoms with Crippen LogP contribution >= 0.6 is 15.9 Å². The predicted molar refractivity (Wildman–Crippen MR) is 70.2 cm³/mol. The molecule has 20 heavy (non-hydrogen) atoms. The summed E-state index contributed by atoms with van der Waals surface area (Å²) in [6, 6.07) is 1.20. The van der Waals surface area contributed by atoms with Crippen LogP contribution in [0.25, 0.3) is 0 Å². The first-order valence-corrected chi connectivity index (χ1v) is 6.19. The molecule has 3 N–H and O–H groups in total. The van der Waals surface area contributed by atoms with Gasteiger partial charge in [0.25, 0.3) is 5.56 Å². The maximum absolute atomic E-state index is 11.6. The first-order valence-electron chi connectivity index (χ1n) is 5.39. The number of nitrogens with one attached hydrogen (secondary N) is 1. The Hall–Kier alpha value is -2.16. The molecule has 1 aromatic rings. The molecule has 0 radical (unpaired) electrons. The van der Waals surface area contributed by atoms with E-state index in [9.17, 15) is 19.2 Å². The van der Waals surface area contributed by atoms with Gasteiger partial charge < -0.3 is 20.1 Å². The molecule has 0 fully saturated rings. The van der Waals surface area contributed by atoms with E-state index in [4.69, 9.17) is 10.2 Å². The highest BCUT2D eigenvalue weighted by Crippen LogP contribution is 2.04. The Balaban J connectivity index is 2.75. The van der Waals surface area contributed by atoms with Crippen LogP contribution in [0, 0.1) is 0 Å². The van der Waals surface area contributed by atoms with E-state index in [-0.39, 0.29) is 0 Å². The lowest BCUT2D eigenvalue weighted by molar-refractivity contribution is -0.147. The fraction of sp³-hybridized carbons (Fsp3) is 0.273. The van der Waals surface area contributed by atoms with E-state index in [2.05, 4.69) is 15.9 Å². The van der Waals surface area contributed by atoms with Crippen molar-refractivity contribution in [1.29, 1.82) is 0 Å². The van der Waals surface area contributed by atoms with Gasteiger partial charge in [-0.25, -0.2) is 4.79 Å². The standard InChI is InChI=1S/C11H11BrN2O6/c12-6-1-2-9(16)14(4-6)5-8(15)13-7(11(19)20)3-10(17)18/h1-2,4,7H,3,5H2,(H,13,15)(H,17,18)(H,19,20)/t7-/m0/s1. The maximum Gasteiger partial charge on any atom is 0.326 e. The van der Waals surface area contributed by atoms with E-state index in [1.165, 1.54) is 18.3 Å². The smallest absolute Gasteiger partial charge is 0.326 e. The summed E-state index contributed by atoms with van der Waals surface area (Å²) >= 11 is 3.13. The van der Waals surface area contributed by atoms with Crippen molar-refractivity contribution in [3.8, 4) is 0 Å². The molecule has 1 heterocycles. The number of carboxylic acids is 2. The third kappa shape index (κ3) is 4.84. The van der Waals surface area contributed by atoms with E-state index >= 15 is 0 Å². The molecular formula is C11H11BrN2O6. The summed E-state index contributed by atoms with van der Waals surface area (Å²) in [6.07, 6.45) is 0.628. The summed E-state index contributed by atoms with van der Waals surface area (Å²) in [4.78, 5) is 44.4. The van der Waals surface area contributed by atoms with Gasteiger partial charge in [0.05, 0.1) is 6.42 Å². The average Bonchev–Trinajstić information content (AvgIpc) is 2.32. The number of hydrogen-bond acceptors (Lipinski definition) is 4. The van der Waals surface area contributed by atoms with Crippen LogP contribution in [0.3, 0.4) is 0 Å². The summed E-state index contributed by atoms with van der Waals surface area (Å²) in [5.41, 5.74) is -0.437. The second-order valence-electron chi connectivity index (χ2n) is 3.87. The van der Waals surface area contributed by atoms with Crippen LogP contribution in [-0.2, 0) is 20.9 Å². The molecule has 0 aromatic carbocycles. The molecular weight excluding hydrogens is 336 g/mol. The minimum absolute atomic E-state index is 0.401. The van der Waals surface area contributed by atoms with Crippen molar-refractivity contribution in [1.82, 2.24) is 9.88 Å². The lowest BCUT2D eigenvalue weighted by Crippen LogP contribution is -2.44. The highest BCUT2D eigenvalue weighted by molar-refractivity contribution is 9.10. The van der Waals surface area contributed by atoms with E-state index in [0.29, 0.717) is 4.47 Å². The van der Waals surface area contributed by atoms with Gasteiger partial charge in [-0.15, -0.1) is 0 Å². The van der Waals surface area contributed by atoms with Gasteiger partial charge in [-0.3, -0.25) is 14.4 Å². The van der Waals surface area contributed by atoms with Crippen molar-refractivity contribution in [3.05, 3.63) is 33.2 Å². The monoisotopic (exact) mass is 346 g/mol. The molecule has 0 aliphatic carbocycles. The van der Waals surface area contributed by atoms with Crippen molar-refractivity contribution >= 4 is 33.8 Å². The Morgan fingerprint density at radius 2 is 1.95 bits per heavy atom. The molecule has 1 rings (SSSR count). The van der Waals surface area contributed by atoms with Gasteiger partial charge in [0.15, 0.2) is 0 Å². The Kier molecular flexibility index (Phi) is 5.44. The average molecular weight is 347 g/mol. The van der Waals surface area contributed by atoms with Crippen LogP contribution in [0.4, 0.5) is 0 Å². The van der Waals surface area contributed by atoms with Crippen molar-refractivity contribution in [2.75, 3.05) is 0 Å². The summed E-state index contributed by atoms with van der Waals surface area (Å²) in [5, 5.41) is 19.4. The zero-order valence-corrected chi connectivity index (χ0v) is 11.7. The molecule has 1 atom stereocenters. The number of amides is 1. The lowest BCUT2D eigenvalue weighted by atomic mass is 10.2. The van der Waals surface area contributed by atoms with Gasteiger partial charge >= 0.3 is 11.9 Å². The molecule has 0 aliphatic heterocycles. The van der Waals surface area contributed by atoms with Crippen LogP contribution in [0.5, 0.6) is 0 Å². The van der Waals surface area contributed by atoms with Crippen LogP contribution in [0.1, 0.15) is 6.42 Å². The van der Waals surface area contributed by atoms with Gasteiger partial charge in [0.2, 0.25) is 5.91 Å². The number of hydrogen-bond donors (Lipinski definition) is 3. The van der Waals surface area contributed by atoms with Crippen LogP contribution in [0.2, 0.25) is 0 Å². The topological polar surface area (TPSA) is 126 Å². The molecule has 8 nitrogen and oxygen atoms in total. The number of pyridine rings is 1. The molecule has 0 aliphatic rings. The van der Waals surface area contributed by atoms with Crippen LogP contribution in [-0.4, -0.2) is 38.7 Å². The Morgan fingerprint density at radius 1 is 1.30 bits per heavy atom. The molecule has 0 bridgehead atoms. The number of carboxylic acid groups (broad SMARTS) is 2. The van der Waals surface area contributed by atoms with Crippen molar-refractivity contribution in [3.63, 3.8) is 0 Å². The second kappa shape index (κ2) is 6.85. The molecule has 1 aromatic heterocycles. The van der Waals surface area contributed by atoms with Gasteiger partial charge in [-0.2, -0.15) is 0 Å². The zero-order chi connectivity index (χ0) is 15.3. The molecule has 9 heteroatoms. The fourth-order valence-electron chi connectivity index (χ4n) is 1.40. The number of rotatable bonds is 6. The molecule has 0 saturated carbocycles. The summed E-state index contributed by atoms with van der Waals surface area (Å²) in [6.45, 7) is -0.401. The van der Waals surface area contributed by atoms with Gasteiger partial charge in [-0.05, 0) is 22.0 Å². The fourth-order valence-corrected chi connectivity index (χ4v) is 1.77. The highest BCUT2D eigenvalue weighted by Gasteiger charge is 2.23. The lowest BCUT2D eigenvalue weighted by Gasteiger charge is -2.13. The third-order valence-electron chi connectivity index (χ3n) is 2.27. The number of aliphatic carboxylic acids is 2. The van der Waals surface area contributed by atoms with Crippen molar-refractivity contribution < 1.29 is 24.6 Å². The minimum atomic E-state index is -1.54. The number of aromatic nitrogens is 1. The first-order chi connectivity index (χ1) is 9.29. The maximum atomic E-state index is 11.6. The number of halogens is 1. The van der Waals surface area contributed by atoms with Crippen molar-refractivity contribution in [2.45, 2.75) is 19.0 Å².